The Morgan fingerprint density at radius 2 is 1.47 bits per heavy atom. The lowest BCUT2D eigenvalue weighted by Gasteiger charge is -2.25. The zero-order chi connectivity index (χ0) is 13.7. The lowest BCUT2D eigenvalue weighted by atomic mass is 10.0. The Bertz CT molecular complexity index is 512. The molecule has 0 aliphatic carbocycles. The van der Waals surface area contributed by atoms with Crippen molar-refractivity contribution in [3.8, 4) is 5.75 Å². The molecular weight excluding hydrogens is 259 g/mol. The maximum absolute atomic E-state index is 10.1. The molecule has 0 saturated carbocycles. The molecule has 0 fully saturated rings. The Morgan fingerprint density at radius 3 is 2.05 bits per heavy atom. The molecule has 0 saturated heterocycles. The van der Waals surface area contributed by atoms with Crippen molar-refractivity contribution in [2.45, 2.75) is 5.66 Å². The number of hydrogen-bond donors (Lipinski definition) is 1. The summed E-state index contributed by atoms with van der Waals surface area (Å²) in [6.45, 7) is 0. The van der Waals surface area contributed by atoms with E-state index in [9.17, 15) is 5.11 Å². The first kappa shape index (κ1) is 14.0. The van der Waals surface area contributed by atoms with Crippen LogP contribution in [0.5, 0.6) is 5.75 Å². The smallest absolute Gasteiger partial charge is 0.182 e. The maximum Gasteiger partial charge on any atom is 0.182 e. The van der Waals surface area contributed by atoms with Gasteiger partial charge in [-0.3, -0.25) is 0 Å². The van der Waals surface area contributed by atoms with E-state index in [0.29, 0.717) is 0 Å². The molecule has 1 unspecified atom stereocenters. The summed E-state index contributed by atoms with van der Waals surface area (Å²) in [6, 6.07) is 17.3. The van der Waals surface area contributed by atoms with E-state index in [1.165, 1.54) is 0 Å². The molecule has 1 atom stereocenters. The molecule has 0 aliphatic heterocycles. The molecular formula is C15H17O3P. The summed E-state index contributed by atoms with van der Waals surface area (Å²) >= 11 is 0. The monoisotopic (exact) mass is 276 g/mol. The minimum Gasteiger partial charge on any atom is -0.508 e. The minimum atomic E-state index is -1.15. The first-order chi connectivity index (χ1) is 9.27. The van der Waals surface area contributed by atoms with Crippen molar-refractivity contribution in [1.82, 2.24) is 0 Å². The zero-order valence-electron chi connectivity index (χ0n) is 11.0. The van der Waals surface area contributed by atoms with Crippen LogP contribution in [0.15, 0.2) is 54.6 Å². The molecule has 0 bridgehead atoms. The Kier molecular flexibility index (Phi) is 4.92. The van der Waals surface area contributed by atoms with E-state index in [1.807, 2.05) is 48.5 Å². The summed E-state index contributed by atoms with van der Waals surface area (Å²) in [6.07, 6.45) is 0. The van der Waals surface area contributed by atoms with E-state index in [0.717, 1.165) is 11.1 Å². The highest BCUT2D eigenvalue weighted by Crippen LogP contribution is 2.56. The van der Waals surface area contributed by atoms with Gasteiger partial charge in [0.25, 0.3) is 0 Å². The fourth-order valence-electron chi connectivity index (χ4n) is 2.05. The van der Waals surface area contributed by atoms with Crippen LogP contribution in [0.1, 0.15) is 16.8 Å². The van der Waals surface area contributed by atoms with Gasteiger partial charge in [-0.15, -0.1) is 0 Å². The second-order valence-electron chi connectivity index (χ2n) is 4.02. The summed E-state index contributed by atoms with van der Waals surface area (Å²) in [7, 11) is 2.11. The average molecular weight is 276 g/mol. The molecule has 2 aromatic rings. The van der Waals surface area contributed by atoms with Crippen LogP contribution in [-0.4, -0.2) is 19.3 Å². The number of rotatable bonds is 5. The molecule has 3 nitrogen and oxygen atoms in total. The minimum absolute atomic E-state index is 0.104. The molecule has 100 valence electrons. The second kappa shape index (κ2) is 6.67. The van der Waals surface area contributed by atoms with E-state index in [1.54, 1.807) is 20.3 Å². The van der Waals surface area contributed by atoms with Crippen molar-refractivity contribution >= 4 is 8.38 Å². The third-order valence-electron chi connectivity index (χ3n) is 2.92. The maximum atomic E-state index is 10.1. The quantitative estimate of drug-likeness (QED) is 0.836. The fourth-order valence-corrected chi connectivity index (χ4v) is 3.49. The molecule has 0 heterocycles. The third-order valence-corrected chi connectivity index (χ3v) is 4.64. The molecule has 19 heavy (non-hydrogen) atoms. The van der Waals surface area contributed by atoms with Crippen LogP contribution in [0, 0.1) is 0 Å². The van der Waals surface area contributed by atoms with Crippen LogP contribution in [0.25, 0.3) is 0 Å². The van der Waals surface area contributed by atoms with Crippen LogP contribution >= 0.6 is 8.38 Å². The summed E-state index contributed by atoms with van der Waals surface area (Å²) in [5, 5.41) is 10.1. The lowest BCUT2D eigenvalue weighted by molar-refractivity contribution is 0.334. The number of hydrogen-bond acceptors (Lipinski definition) is 3. The molecule has 2 rings (SSSR count). The predicted molar refractivity (Wildman–Crippen MR) is 77.3 cm³/mol. The third kappa shape index (κ3) is 3.13. The second-order valence-corrected chi connectivity index (χ2v) is 5.84. The van der Waals surface area contributed by atoms with Gasteiger partial charge in [-0.05, 0) is 11.6 Å². The van der Waals surface area contributed by atoms with Crippen molar-refractivity contribution < 1.29 is 14.2 Å². The first-order valence-corrected chi connectivity index (χ1v) is 7.23. The lowest BCUT2D eigenvalue weighted by Crippen LogP contribution is -2.02. The summed E-state index contributed by atoms with van der Waals surface area (Å²) < 4.78 is 10.9. The van der Waals surface area contributed by atoms with E-state index < -0.39 is 8.38 Å². The number of phenols is 1. The van der Waals surface area contributed by atoms with Gasteiger partial charge in [0.05, 0.1) is 5.66 Å². The van der Waals surface area contributed by atoms with Crippen LogP contribution in [0.4, 0.5) is 0 Å². The van der Waals surface area contributed by atoms with Gasteiger partial charge < -0.3 is 14.2 Å². The van der Waals surface area contributed by atoms with Gasteiger partial charge in [-0.2, -0.15) is 0 Å². The number of benzene rings is 2. The molecule has 1 N–H and O–H groups in total. The standard InChI is InChI=1S/C15H17O3P/c1-17-19(18-2)15(12-8-4-3-5-9-12)13-10-6-7-11-14(13)16/h3-11,15-16H,1-2H3. The predicted octanol–water partition coefficient (Wildman–Crippen LogP) is 4.09. The van der Waals surface area contributed by atoms with Crippen molar-refractivity contribution in [2.75, 3.05) is 14.2 Å². The molecule has 0 amide bonds. The highest BCUT2D eigenvalue weighted by Gasteiger charge is 2.27. The van der Waals surface area contributed by atoms with E-state index in [4.69, 9.17) is 9.05 Å². The fraction of sp³-hybridized carbons (Fsp3) is 0.200. The Morgan fingerprint density at radius 1 is 0.895 bits per heavy atom. The van der Waals surface area contributed by atoms with Gasteiger partial charge in [-0.25, -0.2) is 0 Å². The van der Waals surface area contributed by atoms with E-state index in [-0.39, 0.29) is 11.4 Å². The number of para-hydroxylation sites is 1. The van der Waals surface area contributed by atoms with Gasteiger partial charge in [0, 0.05) is 19.8 Å². The normalized spacial score (nSPS) is 12.6. The van der Waals surface area contributed by atoms with E-state index in [2.05, 4.69) is 0 Å². The number of phenolic OH excluding ortho intramolecular Hbond substituents is 1. The molecule has 2 aromatic carbocycles. The van der Waals surface area contributed by atoms with Gasteiger partial charge in [0.15, 0.2) is 8.38 Å². The van der Waals surface area contributed by atoms with Gasteiger partial charge in [0.1, 0.15) is 5.75 Å². The topological polar surface area (TPSA) is 38.7 Å². The highest BCUT2D eigenvalue weighted by atomic mass is 31.2. The molecule has 0 aromatic heterocycles. The van der Waals surface area contributed by atoms with Crippen molar-refractivity contribution in [1.29, 1.82) is 0 Å². The van der Waals surface area contributed by atoms with Crippen molar-refractivity contribution in [3.63, 3.8) is 0 Å². The van der Waals surface area contributed by atoms with E-state index >= 15 is 0 Å². The Labute approximate surface area is 114 Å². The van der Waals surface area contributed by atoms with Crippen molar-refractivity contribution in [2.24, 2.45) is 0 Å². The highest BCUT2D eigenvalue weighted by molar-refractivity contribution is 7.48. The average Bonchev–Trinajstić information content (AvgIpc) is 2.47. The number of aromatic hydroxyl groups is 1. The molecule has 0 aliphatic rings. The Balaban J connectivity index is 2.49. The zero-order valence-corrected chi connectivity index (χ0v) is 11.9. The van der Waals surface area contributed by atoms with Gasteiger partial charge >= 0.3 is 0 Å². The van der Waals surface area contributed by atoms with Crippen LogP contribution in [0.2, 0.25) is 0 Å². The first-order valence-electron chi connectivity index (χ1n) is 5.98. The summed E-state index contributed by atoms with van der Waals surface area (Å²) in [5.41, 5.74) is 1.79. The van der Waals surface area contributed by atoms with Crippen LogP contribution in [0.3, 0.4) is 0 Å². The molecule has 4 heteroatoms. The molecule has 0 spiro atoms. The van der Waals surface area contributed by atoms with Crippen molar-refractivity contribution in [3.05, 3.63) is 65.7 Å². The van der Waals surface area contributed by atoms with Crippen LogP contribution in [-0.2, 0) is 9.05 Å². The summed E-state index contributed by atoms with van der Waals surface area (Å²) in [5.74, 6) is 0.262. The largest absolute Gasteiger partial charge is 0.508 e. The summed E-state index contributed by atoms with van der Waals surface area (Å²) in [4.78, 5) is 0. The molecule has 0 radical (unpaired) electrons. The van der Waals surface area contributed by atoms with Gasteiger partial charge in [-0.1, -0.05) is 48.5 Å². The SMILES string of the molecule is COP(OC)C(c1ccccc1)c1ccccc1O. The Hall–Kier alpha value is -1.41. The van der Waals surface area contributed by atoms with Crippen LogP contribution < -0.4 is 0 Å². The van der Waals surface area contributed by atoms with Gasteiger partial charge in [0.2, 0.25) is 0 Å².